The van der Waals surface area contributed by atoms with Crippen molar-refractivity contribution in [2.45, 2.75) is 6.54 Å². The number of nitrogens with zero attached hydrogens (tertiary/aromatic N) is 1. The van der Waals surface area contributed by atoms with Gasteiger partial charge in [0.1, 0.15) is 0 Å². The number of benzene rings is 1. The molecule has 0 aliphatic rings. The summed E-state index contributed by atoms with van der Waals surface area (Å²) in [6.45, 7) is 0.171. The van der Waals surface area contributed by atoms with Gasteiger partial charge in [-0.3, -0.25) is 0 Å². The van der Waals surface area contributed by atoms with Crippen LogP contribution in [-0.4, -0.2) is 33.9 Å². The van der Waals surface area contributed by atoms with Crippen LogP contribution in [0.25, 0.3) is 0 Å². The number of nitrogens with one attached hydrogen (secondary N) is 1. The molecule has 1 aromatic heterocycles. The summed E-state index contributed by atoms with van der Waals surface area (Å²) >= 11 is 0. The van der Waals surface area contributed by atoms with Gasteiger partial charge in [-0.05, 0) is 17.7 Å². The summed E-state index contributed by atoms with van der Waals surface area (Å²) < 4.78 is 40.8. The number of hydrogen-bond acceptors (Lipinski definition) is 6. The molecule has 8 heteroatoms. The smallest absolute Gasteiger partial charge is 0.219 e. The van der Waals surface area contributed by atoms with Crippen molar-refractivity contribution in [1.82, 2.24) is 9.71 Å². The van der Waals surface area contributed by atoms with Gasteiger partial charge in [0, 0.05) is 18.8 Å². The summed E-state index contributed by atoms with van der Waals surface area (Å²) in [5.74, 6) is 1.81. The predicted molar refractivity (Wildman–Crippen MR) is 85.5 cm³/mol. The summed E-state index contributed by atoms with van der Waals surface area (Å²) in [5, 5.41) is 0. The topological polar surface area (TPSA) is 86.8 Å². The summed E-state index contributed by atoms with van der Waals surface area (Å²) in [5.41, 5.74) is 0.717. The number of pyridine rings is 1. The van der Waals surface area contributed by atoms with Gasteiger partial charge in [0.2, 0.25) is 21.7 Å². The fourth-order valence-electron chi connectivity index (χ4n) is 1.81. The van der Waals surface area contributed by atoms with Crippen LogP contribution in [0.2, 0.25) is 0 Å². The predicted octanol–water partition coefficient (Wildman–Crippen LogP) is 1.94. The molecule has 7 nitrogen and oxygen atoms in total. The van der Waals surface area contributed by atoms with E-state index in [2.05, 4.69) is 9.71 Å². The van der Waals surface area contributed by atoms with Gasteiger partial charge in [-0.25, -0.2) is 18.1 Å². The first-order chi connectivity index (χ1) is 10.9. The SMILES string of the molecule is COc1cccc(OC)c1Oc1ccc(CNS(C)(=O)=O)cn1. The van der Waals surface area contributed by atoms with E-state index in [4.69, 9.17) is 14.2 Å². The quantitative estimate of drug-likeness (QED) is 0.830. The van der Waals surface area contributed by atoms with Gasteiger partial charge in [-0.15, -0.1) is 0 Å². The van der Waals surface area contributed by atoms with Gasteiger partial charge in [-0.1, -0.05) is 12.1 Å². The van der Waals surface area contributed by atoms with E-state index in [0.717, 1.165) is 11.8 Å². The minimum Gasteiger partial charge on any atom is -0.493 e. The molecule has 124 valence electrons. The number of sulfonamides is 1. The fraction of sp³-hybridized carbons (Fsp3) is 0.267. The van der Waals surface area contributed by atoms with Crippen molar-refractivity contribution in [3.8, 4) is 23.1 Å². The molecule has 0 atom stereocenters. The number of ether oxygens (including phenoxy) is 3. The van der Waals surface area contributed by atoms with Gasteiger partial charge in [0.25, 0.3) is 0 Å². The molecule has 0 aliphatic carbocycles. The van der Waals surface area contributed by atoms with Crippen LogP contribution in [-0.2, 0) is 16.6 Å². The maximum absolute atomic E-state index is 11.1. The molecule has 0 saturated heterocycles. The summed E-state index contributed by atoms with van der Waals surface area (Å²) in [7, 11) is -0.168. The van der Waals surface area contributed by atoms with E-state index in [9.17, 15) is 8.42 Å². The normalized spacial score (nSPS) is 11.1. The second-order valence-electron chi connectivity index (χ2n) is 4.69. The molecule has 1 heterocycles. The maximum atomic E-state index is 11.1. The Labute approximate surface area is 135 Å². The van der Waals surface area contributed by atoms with Crippen LogP contribution in [0.15, 0.2) is 36.5 Å². The number of hydrogen-bond donors (Lipinski definition) is 1. The van der Waals surface area contributed by atoms with Gasteiger partial charge in [0.05, 0.1) is 20.5 Å². The minimum atomic E-state index is -3.24. The van der Waals surface area contributed by atoms with Gasteiger partial charge < -0.3 is 14.2 Å². The lowest BCUT2D eigenvalue weighted by Crippen LogP contribution is -2.21. The lowest BCUT2D eigenvalue weighted by molar-refractivity contribution is 0.342. The van der Waals surface area contributed by atoms with Crippen molar-refractivity contribution in [2.75, 3.05) is 20.5 Å². The summed E-state index contributed by atoms with van der Waals surface area (Å²) in [4.78, 5) is 4.16. The van der Waals surface area contributed by atoms with Crippen molar-refractivity contribution in [3.63, 3.8) is 0 Å². The lowest BCUT2D eigenvalue weighted by atomic mass is 10.3. The minimum absolute atomic E-state index is 0.171. The molecular formula is C15H18N2O5S. The van der Waals surface area contributed by atoms with E-state index < -0.39 is 10.0 Å². The van der Waals surface area contributed by atoms with Crippen LogP contribution in [0.1, 0.15) is 5.56 Å². The van der Waals surface area contributed by atoms with Crippen LogP contribution in [0.3, 0.4) is 0 Å². The van der Waals surface area contributed by atoms with Crippen molar-refractivity contribution in [2.24, 2.45) is 0 Å². The second kappa shape index (κ2) is 7.30. The van der Waals surface area contributed by atoms with Crippen LogP contribution in [0, 0.1) is 0 Å². The lowest BCUT2D eigenvalue weighted by Gasteiger charge is -2.13. The highest BCUT2D eigenvalue weighted by molar-refractivity contribution is 7.88. The Bertz CT molecular complexity index is 738. The highest BCUT2D eigenvalue weighted by atomic mass is 32.2. The van der Waals surface area contributed by atoms with Crippen LogP contribution >= 0.6 is 0 Å². The highest BCUT2D eigenvalue weighted by Gasteiger charge is 2.13. The zero-order valence-corrected chi connectivity index (χ0v) is 13.9. The van der Waals surface area contributed by atoms with Crippen LogP contribution < -0.4 is 18.9 Å². The first kappa shape index (κ1) is 17.0. The Balaban J connectivity index is 2.15. The third-order valence-corrected chi connectivity index (χ3v) is 3.59. The zero-order valence-electron chi connectivity index (χ0n) is 13.1. The van der Waals surface area contributed by atoms with Gasteiger partial charge in [0.15, 0.2) is 11.5 Å². The third kappa shape index (κ3) is 4.83. The molecule has 23 heavy (non-hydrogen) atoms. The first-order valence-corrected chi connectivity index (χ1v) is 8.60. The number of rotatable bonds is 7. The molecule has 0 spiro atoms. The molecule has 2 rings (SSSR count). The first-order valence-electron chi connectivity index (χ1n) is 6.71. The van der Waals surface area contributed by atoms with Crippen molar-refractivity contribution in [3.05, 3.63) is 42.1 Å². The Hall–Kier alpha value is -2.32. The van der Waals surface area contributed by atoms with E-state index in [1.807, 2.05) is 0 Å². The fourth-order valence-corrected chi connectivity index (χ4v) is 2.24. The van der Waals surface area contributed by atoms with E-state index >= 15 is 0 Å². The molecular weight excluding hydrogens is 320 g/mol. The average molecular weight is 338 g/mol. The molecule has 2 aromatic rings. The molecule has 0 unspecified atom stereocenters. The second-order valence-corrected chi connectivity index (χ2v) is 6.52. The third-order valence-electron chi connectivity index (χ3n) is 2.93. The Kier molecular flexibility index (Phi) is 5.41. The molecule has 1 N–H and O–H groups in total. The number of para-hydroxylation sites is 1. The average Bonchev–Trinajstić information content (AvgIpc) is 2.53. The highest BCUT2D eigenvalue weighted by Crippen LogP contribution is 2.39. The summed E-state index contributed by atoms with van der Waals surface area (Å²) in [6, 6.07) is 8.66. The largest absolute Gasteiger partial charge is 0.493 e. The number of methoxy groups -OCH3 is 2. The molecule has 0 bridgehead atoms. The Morgan fingerprint density at radius 2 is 1.74 bits per heavy atom. The molecule has 0 fully saturated rings. The molecule has 0 aliphatic heterocycles. The van der Waals surface area contributed by atoms with Crippen molar-refractivity contribution < 1.29 is 22.6 Å². The van der Waals surface area contributed by atoms with Crippen LogP contribution in [0.5, 0.6) is 23.1 Å². The molecule has 1 aromatic carbocycles. The maximum Gasteiger partial charge on any atom is 0.219 e. The molecule has 0 saturated carbocycles. The standard InChI is InChI=1S/C15H18N2O5S/c1-20-12-5-4-6-13(21-2)15(12)22-14-8-7-11(9-16-14)10-17-23(3,18)19/h4-9,17H,10H2,1-3H3. The monoisotopic (exact) mass is 338 g/mol. The van der Waals surface area contributed by atoms with Gasteiger partial charge >= 0.3 is 0 Å². The zero-order chi connectivity index (χ0) is 16.9. The van der Waals surface area contributed by atoms with Crippen molar-refractivity contribution in [1.29, 1.82) is 0 Å². The van der Waals surface area contributed by atoms with Crippen LogP contribution in [0.4, 0.5) is 0 Å². The van der Waals surface area contributed by atoms with Gasteiger partial charge in [-0.2, -0.15) is 0 Å². The molecule has 0 radical (unpaired) electrons. The van der Waals surface area contributed by atoms with E-state index in [-0.39, 0.29) is 6.54 Å². The number of aromatic nitrogens is 1. The Morgan fingerprint density at radius 3 is 2.22 bits per heavy atom. The molecule has 0 amide bonds. The van der Waals surface area contributed by atoms with E-state index in [0.29, 0.717) is 23.1 Å². The van der Waals surface area contributed by atoms with Crippen molar-refractivity contribution >= 4 is 10.0 Å². The summed E-state index contributed by atoms with van der Waals surface area (Å²) in [6.07, 6.45) is 2.64. The van der Waals surface area contributed by atoms with E-state index in [1.54, 1.807) is 30.3 Å². The van der Waals surface area contributed by atoms with E-state index in [1.165, 1.54) is 20.4 Å². The Morgan fingerprint density at radius 1 is 1.09 bits per heavy atom.